The molecule has 0 spiro atoms. The Labute approximate surface area is 210 Å². The van der Waals surface area contributed by atoms with Crippen LogP contribution in [0.25, 0.3) is 0 Å². The minimum atomic E-state index is -0.953. The molecule has 1 aromatic rings. The Morgan fingerprint density at radius 1 is 1.35 bits per heavy atom. The van der Waals surface area contributed by atoms with Crippen molar-refractivity contribution in [1.29, 1.82) is 0 Å². The Kier molecular flexibility index (Phi) is 10.1. The van der Waals surface area contributed by atoms with Gasteiger partial charge in [0.15, 0.2) is 0 Å². The molecule has 1 unspecified atom stereocenters. The highest BCUT2D eigenvalue weighted by atomic mass is 79.9. The molecule has 6 nitrogen and oxygen atoms in total. The molecule has 1 saturated heterocycles. The molecule has 34 heavy (non-hydrogen) atoms. The van der Waals surface area contributed by atoms with Gasteiger partial charge < -0.3 is 10.4 Å². The molecule has 1 aromatic carbocycles. The number of carbonyl (C=O) groups is 2. The topological polar surface area (TPSA) is 72.9 Å². The number of aryl methyl sites for hydroxylation is 1. The lowest BCUT2D eigenvalue weighted by Crippen LogP contribution is -2.59. The Morgan fingerprint density at radius 3 is 2.65 bits per heavy atom. The van der Waals surface area contributed by atoms with Gasteiger partial charge in [-0.15, -0.1) is 0 Å². The van der Waals surface area contributed by atoms with Crippen LogP contribution in [0.2, 0.25) is 0 Å². The third-order valence-corrected chi connectivity index (χ3v) is 6.98. The smallest absolute Gasteiger partial charge is 0.251 e. The van der Waals surface area contributed by atoms with Crippen LogP contribution in [0.4, 0.5) is 10.1 Å². The average molecular weight is 536 g/mol. The monoisotopic (exact) mass is 535 g/mol. The lowest BCUT2D eigenvalue weighted by Gasteiger charge is -2.48. The molecular formula is C26H35BrFN3O3. The largest absolute Gasteiger partial charge is 0.510 e. The van der Waals surface area contributed by atoms with Gasteiger partial charge in [-0.1, -0.05) is 28.9 Å². The molecule has 1 heterocycles. The molecule has 1 aliphatic rings. The van der Waals surface area contributed by atoms with Crippen LogP contribution in [-0.4, -0.2) is 46.1 Å². The Morgan fingerprint density at radius 2 is 2.06 bits per heavy atom. The van der Waals surface area contributed by atoms with Crippen LogP contribution in [0.15, 0.2) is 57.6 Å². The maximum absolute atomic E-state index is 13.8. The zero-order chi connectivity index (χ0) is 25.5. The summed E-state index contributed by atoms with van der Waals surface area (Å²) in [4.78, 5) is 24.9. The minimum absolute atomic E-state index is 0.123. The van der Waals surface area contributed by atoms with Gasteiger partial charge in [-0.25, -0.2) is 9.40 Å². The van der Waals surface area contributed by atoms with Crippen molar-refractivity contribution < 1.29 is 19.1 Å². The second kappa shape index (κ2) is 12.3. The maximum atomic E-state index is 13.8. The minimum Gasteiger partial charge on any atom is -0.510 e. The van der Waals surface area contributed by atoms with Crippen molar-refractivity contribution in [3.05, 3.63) is 63.1 Å². The van der Waals surface area contributed by atoms with Crippen LogP contribution in [0.3, 0.4) is 0 Å². The summed E-state index contributed by atoms with van der Waals surface area (Å²) in [6, 6.07) is 5.61. The van der Waals surface area contributed by atoms with E-state index in [1.54, 1.807) is 24.9 Å². The zero-order valence-corrected chi connectivity index (χ0v) is 22.2. The van der Waals surface area contributed by atoms with E-state index in [4.69, 9.17) is 0 Å². The molecule has 2 N–H and O–H groups in total. The van der Waals surface area contributed by atoms with E-state index in [-0.39, 0.29) is 18.1 Å². The number of aliphatic hydroxyl groups excluding tert-OH is 1. The lowest BCUT2D eigenvalue weighted by molar-refractivity contribution is -0.151. The van der Waals surface area contributed by atoms with Gasteiger partial charge in [0.1, 0.15) is 11.6 Å². The quantitative estimate of drug-likeness (QED) is 0.170. The first kappa shape index (κ1) is 27.8. The second-order valence-corrected chi connectivity index (χ2v) is 9.62. The number of hydrogen-bond acceptors (Lipinski definition) is 4. The normalized spacial score (nSPS) is 20.6. The van der Waals surface area contributed by atoms with Gasteiger partial charge in [0, 0.05) is 22.8 Å². The van der Waals surface area contributed by atoms with Crippen molar-refractivity contribution in [3.8, 4) is 0 Å². The predicted molar refractivity (Wildman–Crippen MR) is 138 cm³/mol. The van der Waals surface area contributed by atoms with Crippen molar-refractivity contribution >= 4 is 33.9 Å². The van der Waals surface area contributed by atoms with E-state index in [1.807, 2.05) is 32.0 Å². The van der Waals surface area contributed by atoms with Crippen molar-refractivity contribution in [1.82, 2.24) is 10.0 Å². The summed E-state index contributed by atoms with van der Waals surface area (Å²) >= 11 is 3.44. The fourth-order valence-electron chi connectivity index (χ4n) is 4.21. The summed E-state index contributed by atoms with van der Waals surface area (Å²) in [7, 11) is 0. The van der Waals surface area contributed by atoms with E-state index in [9.17, 15) is 19.1 Å². The number of piperidine rings is 1. The summed E-state index contributed by atoms with van der Waals surface area (Å²) in [6.45, 7) is 9.37. The number of rotatable bonds is 9. The fraction of sp³-hybridized carbons (Fsp3) is 0.462. The summed E-state index contributed by atoms with van der Waals surface area (Å²) in [6.07, 6.45) is 6.64. The summed E-state index contributed by atoms with van der Waals surface area (Å²) in [5.74, 6) is -0.873. The molecule has 1 atom stereocenters. The van der Waals surface area contributed by atoms with Crippen LogP contribution in [0.5, 0.6) is 0 Å². The third kappa shape index (κ3) is 6.57. The molecule has 186 valence electrons. The van der Waals surface area contributed by atoms with Crippen LogP contribution in [-0.2, 0) is 16.0 Å². The standard InChI is InChI=1S/C26H35BrFN3O3/c1-6-20-14-22(27)10-11-23(20)29-25(34)15-24(33)26(5)12-8-9-13-31(26)30(17-32)16-21(7-2)18(3)19(4)28/h7,10-11,14-15,17,33H,6,8-9,12-13,16H2,1-5H3,(H,29,34)/b19-18+,21-7-,24-15-. The molecule has 1 aliphatic heterocycles. The number of amides is 2. The Balaban J connectivity index is 2.31. The van der Waals surface area contributed by atoms with Crippen LogP contribution >= 0.6 is 15.9 Å². The number of hydrazine groups is 1. The zero-order valence-electron chi connectivity index (χ0n) is 20.6. The van der Waals surface area contributed by atoms with Crippen LogP contribution in [0, 0.1) is 0 Å². The van der Waals surface area contributed by atoms with E-state index in [0.717, 1.165) is 29.3 Å². The molecule has 0 aliphatic carbocycles. The number of anilines is 1. The van der Waals surface area contributed by atoms with Gasteiger partial charge >= 0.3 is 0 Å². The van der Waals surface area contributed by atoms with Crippen molar-refractivity contribution in [2.75, 3.05) is 18.4 Å². The number of aliphatic hydroxyl groups is 1. The summed E-state index contributed by atoms with van der Waals surface area (Å²) in [5, 5.41) is 17.2. The SMILES string of the molecule is C/C=C(CN(C=O)N1CCCCC1(C)/C(O)=C/C(=O)Nc1ccc(Br)cc1CC)\C(C)=C(/C)F. The Hall–Kier alpha value is -2.45. The average Bonchev–Trinajstić information content (AvgIpc) is 2.81. The fourth-order valence-corrected chi connectivity index (χ4v) is 4.61. The number of carbonyl (C=O) groups excluding carboxylic acids is 2. The lowest BCUT2D eigenvalue weighted by atomic mass is 9.87. The highest BCUT2D eigenvalue weighted by Gasteiger charge is 2.41. The van der Waals surface area contributed by atoms with E-state index < -0.39 is 11.4 Å². The number of benzene rings is 1. The van der Waals surface area contributed by atoms with E-state index in [0.29, 0.717) is 36.2 Å². The first-order valence-corrected chi connectivity index (χ1v) is 12.3. The second-order valence-electron chi connectivity index (χ2n) is 8.70. The molecule has 2 amide bonds. The van der Waals surface area contributed by atoms with Crippen LogP contribution in [0.1, 0.15) is 59.4 Å². The molecule has 0 bridgehead atoms. The van der Waals surface area contributed by atoms with E-state index in [2.05, 4.69) is 21.2 Å². The van der Waals surface area contributed by atoms with E-state index in [1.165, 1.54) is 18.0 Å². The predicted octanol–water partition coefficient (Wildman–Crippen LogP) is 6.22. The van der Waals surface area contributed by atoms with Gasteiger partial charge in [-0.2, -0.15) is 0 Å². The number of halogens is 2. The molecule has 2 rings (SSSR count). The number of nitrogens with one attached hydrogen (secondary N) is 1. The van der Waals surface area contributed by atoms with Gasteiger partial charge in [0.05, 0.1) is 12.1 Å². The molecule has 0 aromatic heterocycles. The van der Waals surface area contributed by atoms with Crippen molar-refractivity contribution in [3.63, 3.8) is 0 Å². The Bertz CT molecular complexity index is 1000. The third-order valence-electron chi connectivity index (χ3n) is 6.49. The van der Waals surface area contributed by atoms with Gasteiger partial charge in [-0.3, -0.25) is 14.6 Å². The molecular weight excluding hydrogens is 501 g/mol. The van der Waals surface area contributed by atoms with E-state index >= 15 is 0 Å². The number of allylic oxidation sites excluding steroid dienone is 2. The highest BCUT2D eigenvalue weighted by Crippen LogP contribution is 2.35. The first-order chi connectivity index (χ1) is 16.1. The molecule has 1 fully saturated rings. The maximum Gasteiger partial charge on any atom is 0.251 e. The molecule has 8 heteroatoms. The van der Waals surface area contributed by atoms with Gasteiger partial charge in [-0.05, 0) is 88.3 Å². The van der Waals surface area contributed by atoms with Gasteiger partial charge in [0.2, 0.25) is 6.41 Å². The molecule has 0 radical (unpaired) electrons. The molecule has 0 saturated carbocycles. The van der Waals surface area contributed by atoms with Gasteiger partial charge in [0.25, 0.3) is 5.91 Å². The number of hydrogen-bond donors (Lipinski definition) is 2. The van der Waals surface area contributed by atoms with Crippen molar-refractivity contribution in [2.45, 2.75) is 65.8 Å². The summed E-state index contributed by atoms with van der Waals surface area (Å²) < 4.78 is 14.8. The highest BCUT2D eigenvalue weighted by molar-refractivity contribution is 9.10. The first-order valence-electron chi connectivity index (χ1n) is 11.6. The van der Waals surface area contributed by atoms with Crippen molar-refractivity contribution in [2.24, 2.45) is 0 Å². The van der Waals surface area contributed by atoms with Crippen LogP contribution < -0.4 is 5.32 Å². The summed E-state index contributed by atoms with van der Waals surface area (Å²) in [5.41, 5.74) is 1.86. The number of nitrogens with zero attached hydrogens (tertiary/aromatic N) is 2.